The van der Waals surface area contributed by atoms with Crippen LogP contribution in [0.25, 0.3) is 11.3 Å². The van der Waals surface area contributed by atoms with Gasteiger partial charge in [-0.1, -0.05) is 30.3 Å². The van der Waals surface area contributed by atoms with E-state index in [0.29, 0.717) is 24.0 Å². The molecule has 2 N–H and O–H groups in total. The summed E-state index contributed by atoms with van der Waals surface area (Å²) < 4.78 is 38.6. The Labute approximate surface area is 183 Å². The quantitative estimate of drug-likeness (QED) is 0.563. The summed E-state index contributed by atoms with van der Waals surface area (Å²) in [6.07, 6.45) is -0.674. The summed E-state index contributed by atoms with van der Waals surface area (Å²) in [6.45, 7) is 0.807. The summed E-state index contributed by atoms with van der Waals surface area (Å²) in [5, 5.41) is 2.25. The van der Waals surface area contributed by atoms with Gasteiger partial charge in [0, 0.05) is 35.9 Å². The van der Waals surface area contributed by atoms with E-state index < -0.39 is 18.0 Å². The van der Waals surface area contributed by atoms with E-state index in [1.807, 2.05) is 30.3 Å². The van der Waals surface area contributed by atoms with E-state index in [9.17, 15) is 22.8 Å². The molecule has 32 heavy (non-hydrogen) atoms. The Morgan fingerprint density at radius 2 is 1.94 bits per heavy atom. The maximum atomic E-state index is 12.9. The number of anilines is 1. The molecular formula is C24H22F3N3O2. The van der Waals surface area contributed by atoms with Crippen LogP contribution in [0.15, 0.2) is 48.7 Å². The molecule has 0 radical (unpaired) electrons. The molecular weight excluding hydrogens is 419 g/mol. The van der Waals surface area contributed by atoms with Crippen molar-refractivity contribution in [3.8, 4) is 11.3 Å². The number of aromatic nitrogens is 2. The minimum absolute atomic E-state index is 0.0214. The highest BCUT2D eigenvalue weighted by molar-refractivity contribution is 6.01. The van der Waals surface area contributed by atoms with E-state index in [4.69, 9.17) is 0 Å². The minimum atomic E-state index is -4.64. The summed E-state index contributed by atoms with van der Waals surface area (Å²) in [4.78, 5) is 32.1. The van der Waals surface area contributed by atoms with E-state index in [1.54, 1.807) is 6.07 Å². The molecule has 1 aromatic carbocycles. The van der Waals surface area contributed by atoms with Crippen molar-refractivity contribution in [2.45, 2.75) is 38.8 Å². The Morgan fingerprint density at radius 3 is 2.66 bits per heavy atom. The Morgan fingerprint density at radius 1 is 1.19 bits per heavy atom. The van der Waals surface area contributed by atoms with Gasteiger partial charge in [0.25, 0.3) is 0 Å². The highest BCUT2D eigenvalue weighted by Crippen LogP contribution is 2.35. The number of ketones is 1. The molecule has 8 heteroatoms. The maximum Gasteiger partial charge on any atom is 0.400 e. The summed E-state index contributed by atoms with van der Waals surface area (Å²) in [7, 11) is 0. The number of carbonyl (C=O) groups excluding carboxylic acids is 2. The molecule has 2 aromatic heterocycles. The molecule has 1 aliphatic carbocycles. The molecule has 0 fully saturated rings. The number of amides is 1. The third-order valence-electron chi connectivity index (χ3n) is 5.70. The molecule has 1 amide bonds. The van der Waals surface area contributed by atoms with Gasteiger partial charge >= 0.3 is 6.18 Å². The second-order valence-electron chi connectivity index (χ2n) is 7.95. The number of pyridine rings is 1. The highest BCUT2D eigenvalue weighted by atomic mass is 19.4. The molecule has 0 aliphatic heterocycles. The molecule has 2 heterocycles. The van der Waals surface area contributed by atoms with Gasteiger partial charge in [0.2, 0.25) is 5.91 Å². The van der Waals surface area contributed by atoms with Crippen LogP contribution in [0.2, 0.25) is 0 Å². The number of alkyl halides is 3. The van der Waals surface area contributed by atoms with E-state index in [-0.39, 0.29) is 11.6 Å². The van der Waals surface area contributed by atoms with Crippen molar-refractivity contribution in [3.63, 3.8) is 0 Å². The van der Waals surface area contributed by atoms with Crippen molar-refractivity contribution in [2.24, 2.45) is 5.92 Å². The number of halogens is 3. The van der Waals surface area contributed by atoms with Crippen LogP contribution < -0.4 is 5.32 Å². The van der Waals surface area contributed by atoms with Crippen molar-refractivity contribution < 1.29 is 22.8 Å². The number of hydrogen-bond acceptors (Lipinski definition) is 3. The van der Waals surface area contributed by atoms with Crippen molar-refractivity contribution >= 4 is 17.5 Å². The van der Waals surface area contributed by atoms with Gasteiger partial charge in [-0.2, -0.15) is 13.2 Å². The van der Waals surface area contributed by atoms with Gasteiger partial charge in [0.15, 0.2) is 5.78 Å². The molecule has 0 saturated carbocycles. The summed E-state index contributed by atoms with van der Waals surface area (Å²) >= 11 is 0. The van der Waals surface area contributed by atoms with Crippen molar-refractivity contribution in [1.82, 2.24) is 9.97 Å². The zero-order chi connectivity index (χ0) is 22.9. The predicted octanol–water partition coefficient (Wildman–Crippen LogP) is 5.32. The number of H-pyrrole nitrogens is 1. The smallest absolute Gasteiger partial charge is 0.358 e. The molecule has 166 valence electrons. The standard InChI is InChI=1S/C24H22F3N3O2/c1-14(24(25,26)27)23(32)30-20-13-16(10-11-28-20)22-17(12-15-6-3-2-4-7-15)21-18(29-22)8-5-9-19(21)31/h2-4,6-7,10-11,13-14,29H,5,8-9,12H2,1H3,(H,28,30,32). The average Bonchev–Trinajstić information content (AvgIpc) is 3.13. The number of carbonyl (C=O) groups is 2. The Hall–Kier alpha value is -3.42. The zero-order valence-corrected chi connectivity index (χ0v) is 17.4. The zero-order valence-electron chi connectivity index (χ0n) is 17.4. The number of hydrogen-bond donors (Lipinski definition) is 2. The lowest BCUT2D eigenvalue weighted by Gasteiger charge is -2.15. The topological polar surface area (TPSA) is 74.8 Å². The first-order valence-corrected chi connectivity index (χ1v) is 10.4. The summed E-state index contributed by atoms with van der Waals surface area (Å²) in [5.74, 6) is -3.22. The number of Topliss-reactive ketones (excluding diaryl/α,β-unsaturated/α-hetero) is 1. The van der Waals surface area contributed by atoms with Crippen LogP contribution in [-0.2, 0) is 17.6 Å². The SMILES string of the molecule is CC(C(=O)Nc1cc(-c2[nH]c3c(c2Cc2ccccc2)C(=O)CCC3)ccn1)C(F)(F)F. The monoisotopic (exact) mass is 441 g/mol. The fourth-order valence-electron chi connectivity index (χ4n) is 3.93. The number of benzene rings is 1. The number of aryl methyl sites for hydroxylation is 1. The van der Waals surface area contributed by atoms with Crippen LogP contribution in [0, 0.1) is 5.92 Å². The van der Waals surface area contributed by atoms with E-state index in [1.165, 1.54) is 12.3 Å². The van der Waals surface area contributed by atoms with Crippen LogP contribution >= 0.6 is 0 Å². The first-order chi connectivity index (χ1) is 15.2. The van der Waals surface area contributed by atoms with Crippen molar-refractivity contribution in [1.29, 1.82) is 0 Å². The van der Waals surface area contributed by atoms with Gasteiger partial charge in [0.05, 0.1) is 5.69 Å². The Bertz CT molecular complexity index is 1150. The van der Waals surface area contributed by atoms with Crippen LogP contribution in [0.5, 0.6) is 0 Å². The molecule has 4 rings (SSSR count). The molecule has 5 nitrogen and oxygen atoms in total. The molecule has 1 aliphatic rings. The molecule has 0 saturated heterocycles. The van der Waals surface area contributed by atoms with E-state index >= 15 is 0 Å². The predicted molar refractivity (Wildman–Crippen MR) is 114 cm³/mol. The third kappa shape index (κ3) is 4.44. The lowest BCUT2D eigenvalue weighted by Crippen LogP contribution is -2.32. The second kappa shape index (κ2) is 8.61. The van der Waals surface area contributed by atoms with Gasteiger partial charge in [-0.3, -0.25) is 9.59 Å². The normalized spacial score (nSPS) is 14.7. The minimum Gasteiger partial charge on any atom is -0.358 e. The van der Waals surface area contributed by atoms with Crippen LogP contribution in [0.1, 0.15) is 46.9 Å². The van der Waals surface area contributed by atoms with Crippen LogP contribution in [0.3, 0.4) is 0 Å². The lowest BCUT2D eigenvalue weighted by atomic mass is 9.90. The summed E-state index contributed by atoms with van der Waals surface area (Å²) in [5.41, 5.74) is 4.82. The molecule has 3 aromatic rings. The van der Waals surface area contributed by atoms with Crippen LogP contribution in [-0.4, -0.2) is 27.8 Å². The number of aromatic amines is 1. The van der Waals surface area contributed by atoms with Gasteiger partial charge in [-0.25, -0.2) is 4.98 Å². The van der Waals surface area contributed by atoms with Gasteiger partial charge in [-0.05, 0) is 43.0 Å². The third-order valence-corrected chi connectivity index (χ3v) is 5.70. The largest absolute Gasteiger partial charge is 0.400 e. The fourth-order valence-corrected chi connectivity index (χ4v) is 3.93. The maximum absolute atomic E-state index is 12.9. The van der Waals surface area contributed by atoms with Gasteiger partial charge in [-0.15, -0.1) is 0 Å². The lowest BCUT2D eigenvalue weighted by molar-refractivity contribution is -0.175. The second-order valence-corrected chi connectivity index (χ2v) is 7.95. The van der Waals surface area contributed by atoms with E-state index in [2.05, 4.69) is 15.3 Å². The molecule has 1 unspecified atom stereocenters. The molecule has 0 bridgehead atoms. The first-order valence-electron chi connectivity index (χ1n) is 10.4. The number of nitrogens with zero attached hydrogens (tertiary/aromatic N) is 1. The Balaban J connectivity index is 1.71. The first kappa shape index (κ1) is 21.8. The van der Waals surface area contributed by atoms with Gasteiger partial charge < -0.3 is 10.3 Å². The highest BCUT2D eigenvalue weighted by Gasteiger charge is 2.41. The van der Waals surface area contributed by atoms with E-state index in [0.717, 1.165) is 42.3 Å². The molecule has 1 atom stereocenters. The number of fused-ring (bicyclic) bond motifs is 1. The average molecular weight is 441 g/mol. The molecule has 0 spiro atoms. The van der Waals surface area contributed by atoms with Crippen LogP contribution in [0.4, 0.5) is 19.0 Å². The fraction of sp³-hybridized carbons (Fsp3) is 0.292. The summed E-state index contributed by atoms with van der Waals surface area (Å²) in [6, 6.07) is 13.0. The number of nitrogens with one attached hydrogen (secondary N) is 2. The Kier molecular flexibility index (Phi) is 5.86. The number of rotatable bonds is 5. The van der Waals surface area contributed by atoms with Crippen molar-refractivity contribution in [3.05, 3.63) is 71.0 Å². The van der Waals surface area contributed by atoms with Gasteiger partial charge in [0.1, 0.15) is 11.7 Å². The van der Waals surface area contributed by atoms with Crippen molar-refractivity contribution in [2.75, 3.05) is 5.32 Å².